The third kappa shape index (κ3) is 4.26. The van der Waals surface area contributed by atoms with Crippen molar-refractivity contribution in [2.75, 3.05) is 0 Å². The highest BCUT2D eigenvalue weighted by molar-refractivity contribution is 6.84. The van der Waals surface area contributed by atoms with E-state index in [0.717, 1.165) is 6.42 Å². The van der Waals surface area contributed by atoms with Crippen LogP contribution >= 0.6 is 0 Å². The zero-order valence-corrected chi connectivity index (χ0v) is 18.0. The lowest BCUT2D eigenvalue weighted by molar-refractivity contribution is -0.150. The molecule has 0 spiro atoms. The summed E-state index contributed by atoms with van der Waals surface area (Å²) in [5.74, 6) is -0.247. The highest BCUT2D eigenvalue weighted by Gasteiger charge is 2.69. The first-order valence-electron chi connectivity index (χ1n) is 8.55. The monoisotopic (exact) mass is 362 g/mol. The molecule has 1 aliphatic carbocycles. The summed E-state index contributed by atoms with van der Waals surface area (Å²) in [6.45, 7) is 14.8. The maximum absolute atomic E-state index is 11.5. The van der Waals surface area contributed by atoms with Gasteiger partial charge in [-0.05, 0) is 25.2 Å². The Labute approximate surface area is 148 Å². The van der Waals surface area contributed by atoms with Gasteiger partial charge in [-0.15, -0.1) is 0 Å². The summed E-state index contributed by atoms with van der Waals surface area (Å²) in [5.41, 5.74) is 1.25. The average molecular weight is 363 g/mol. The van der Waals surface area contributed by atoms with Gasteiger partial charge in [0.15, 0.2) is 0 Å². The van der Waals surface area contributed by atoms with Gasteiger partial charge in [0.1, 0.15) is 11.2 Å². The number of hydrogen-bond acceptors (Lipinski definition) is 3. The van der Waals surface area contributed by atoms with Crippen molar-refractivity contribution in [2.24, 2.45) is 0 Å². The highest BCUT2D eigenvalue weighted by Crippen LogP contribution is 2.56. The van der Waals surface area contributed by atoms with E-state index in [2.05, 4.69) is 68.8 Å². The van der Waals surface area contributed by atoms with Gasteiger partial charge < -0.3 is 9.16 Å². The summed E-state index contributed by atoms with van der Waals surface area (Å²) >= 11 is 0. The minimum absolute atomic E-state index is 0.247. The molecule has 1 saturated carbocycles. The highest BCUT2D eigenvalue weighted by atomic mass is 28.4. The standard InChI is InChI=1S/C19H30O3Si2/c1-16(20)21-18(2)15-19(18,13-14-23(3,4)5)22-24(6,7)17-11-9-8-10-12-17/h8-14H,15H2,1-7H3/b14-13-/t18-,19+/m0/s1. The summed E-state index contributed by atoms with van der Waals surface area (Å²) in [5, 5.41) is 1.25. The van der Waals surface area contributed by atoms with E-state index in [4.69, 9.17) is 9.16 Å². The van der Waals surface area contributed by atoms with Crippen LogP contribution in [0, 0.1) is 0 Å². The van der Waals surface area contributed by atoms with Gasteiger partial charge >= 0.3 is 5.97 Å². The first-order chi connectivity index (χ1) is 10.9. The molecular weight excluding hydrogens is 332 g/mol. The first kappa shape index (κ1) is 19.2. The molecule has 0 heterocycles. The Kier molecular flexibility index (Phi) is 5.01. The van der Waals surface area contributed by atoms with Crippen LogP contribution in [0.4, 0.5) is 0 Å². The fourth-order valence-electron chi connectivity index (χ4n) is 3.05. The van der Waals surface area contributed by atoms with Crippen LogP contribution < -0.4 is 5.19 Å². The molecule has 2 rings (SSSR count). The van der Waals surface area contributed by atoms with Crippen LogP contribution in [0.25, 0.3) is 0 Å². The van der Waals surface area contributed by atoms with Gasteiger partial charge in [-0.25, -0.2) is 0 Å². The zero-order chi connectivity index (χ0) is 18.2. The molecule has 0 unspecified atom stereocenters. The van der Waals surface area contributed by atoms with Crippen molar-refractivity contribution < 1.29 is 14.0 Å². The summed E-state index contributed by atoms with van der Waals surface area (Å²) in [4.78, 5) is 11.5. The van der Waals surface area contributed by atoms with Gasteiger partial charge in [0.05, 0.1) is 8.07 Å². The number of ether oxygens (including phenoxy) is 1. The molecule has 5 heteroatoms. The predicted octanol–water partition coefficient (Wildman–Crippen LogP) is 4.01. The molecule has 0 aromatic heterocycles. The molecule has 0 bridgehead atoms. The number of carbonyl (C=O) groups excluding carboxylic acids is 1. The molecule has 0 amide bonds. The van der Waals surface area contributed by atoms with Crippen LogP contribution in [0.3, 0.4) is 0 Å². The number of hydrogen-bond donors (Lipinski definition) is 0. The Bertz CT molecular complexity index is 634. The van der Waals surface area contributed by atoms with Crippen LogP contribution in [0.2, 0.25) is 32.7 Å². The van der Waals surface area contributed by atoms with Crippen molar-refractivity contribution in [3.05, 3.63) is 42.1 Å². The molecular formula is C19H30O3Si2. The predicted molar refractivity (Wildman–Crippen MR) is 105 cm³/mol. The molecule has 1 fully saturated rings. The fourth-order valence-corrected chi connectivity index (χ4v) is 6.20. The lowest BCUT2D eigenvalue weighted by Crippen LogP contribution is -2.50. The molecule has 0 radical (unpaired) electrons. The first-order valence-corrected chi connectivity index (χ1v) is 15.0. The van der Waals surface area contributed by atoms with Crippen molar-refractivity contribution in [1.82, 2.24) is 0 Å². The Balaban J connectivity index is 2.32. The van der Waals surface area contributed by atoms with E-state index in [1.54, 1.807) is 0 Å². The van der Waals surface area contributed by atoms with E-state index < -0.39 is 27.6 Å². The Morgan fingerprint density at radius 1 is 1.12 bits per heavy atom. The summed E-state index contributed by atoms with van der Waals surface area (Å²) in [6.07, 6.45) is 2.91. The number of carbonyl (C=O) groups is 1. The van der Waals surface area contributed by atoms with Crippen molar-refractivity contribution in [1.29, 1.82) is 0 Å². The SMILES string of the molecule is CC(=O)O[C@@]1(C)C[C@@]1(/C=C\[Si](C)(C)C)O[Si](C)(C)c1ccccc1. The van der Waals surface area contributed by atoms with Crippen molar-refractivity contribution in [3.63, 3.8) is 0 Å². The maximum Gasteiger partial charge on any atom is 0.303 e. The molecule has 1 aromatic rings. The Morgan fingerprint density at radius 2 is 1.71 bits per heavy atom. The molecule has 3 nitrogen and oxygen atoms in total. The fraction of sp³-hybridized carbons (Fsp3) is 0.526. The van der Waals surface area contributed by atoms with E-state index in [9.17, 15) is 4.79 Å². The summed E-state index contributed by atoms with van der Waals surface area (Å²) < 4.78 is 12.4. The van der Waals surface area contributed by atoms with Gasteiger partial charge in [0, 0.05) is 13.3 Å². The second-order valence-corrected chi connectivity index (χ2v) is 17.4. The van der Waals surface area contributed by atoms with Gasteiger partial charge in [-0.2, -0.15) is 0 Å². The van der Waals surface area contributed by atoms with Gasteiger partial charge in [0.2, 0.25) is 8.32 Å². The van der Waals surface area contributed by atoms with Crippen molar-refractivity contribution in [2.45, 2.75) is 64.2 Å². The normalized spacial score (nSPS) is 27.3. The second-order valence-electron chi connectivity index (χ2n) is 8.57. The maximum atomic E-state index is 11.5. The molecule has 2 atom stereocenters. The smallest absolute Gasteiger partial charge is 0.303 e. The largest absolute Gasteiger partial charge is 0.456 e. The zero-order valence-electron chi connectivity index (χ0n) is 16.0. The lowest BCUT2D eigenvalue weighted by atomic mass is 10.2. The van der Waals surface area contributed by atoms with Crippen LogP contribution in [0.1, 0.15) is 20.3 Å². The van der Waals surface area contributed by atoms with Crippen LogP contribution in [0.5, 0.6) is 0 Å². The molecule has 0 N–H and O–H groups in total. The third-order valence-corrected chi connectivity index (χ3v) is 8.26. The Morgan fingerprint density at radius 3 is 2.21 bits per heavy atom. The third-order valence-electron chi connectivity index (χ3n) is 4.50. The van der Waals surface area contributed by atoms with E-state index in [1.807, 2.05) is 13.0 Å². The molecule has 0 aliphatic heterocycles. The van der Waals surface area contributed by atoms with Crippen molar-refractivity contribution in [3.8, 4) is 0 Å². The van der Waals surface area contributed by atoms with Crippen LogP contribution in [-0.4, -0.2) is 33.6 Å². The molecule has 1 aromatic carbocycles. The second kappa shape index (κ2) is 6.28. The average Bonchev–Trinajstić information content (AvgIpc) is 2.99. The summed E-state index contributed by atoms with van der Waals surface area (Å²) in [6, 6.07) is 10.4. The van der Waals surface area contributed by atoms with E-state index in [1.165, 1.54) is 12.1 Å². The number of benzene rings is 1. The molecule has 24 heavy (non-hydrogen) atoms. The molecule has 0 saturated heterocycles. The Hall–Kier alpha value is -1.18. The minimum atomic E-state index is -2.12. The quantitative estimate of drug-likeness (QED) is 0.566. The van der Waals surface area contributed by atoms with Gasteiger partial charge in [-0.1, -0.05) is 61.7 Å². The molecule has 1 aliphatic rings. The van der Waals surface area contributed by atoms with E-state index in [0.29, 0.717) is 0 Å². The molecule has 132 valence electrons. The van der Waals surface area contributed by atoms with Crippen LogP contribution in [0.15, 0.2) is 42.1 Å². The van der Waals surface area contributed by atoms with Crippen molar-refractivity contribution >= 4 is 27.5 Å². The van der Waals surface area contributed by atoms with Gasteiger partial charge in [-0.3, -0.25) is 4.79 Å². The van der Waals surface area contributed by atoms with E-state index >= 15 is 0 Å². The number of esters is 1. The summed E-state index contributed by atoms with van der Waals surface area (Å²) in [7, 11) is -3.49. The minimum Gasteiger partial charge on any atom is -0.456 e. The topological polar surface area (TPSA) is 35.5 Å². The lowest BCUT2D eigenvalue weighted by Gasteiger charge is -2.31. The van der Waals surface area contributed by atoms with Crippen LogP contribution in [-0.2, 0) is 14.0 Å². The van der Waals surface area contributed by atoms with E-state index in [-0.39, 0.29) is 5.97 Å². The number of rotatable bonds is 6. The van der Waals surface area contributed by atoms with Gasteiger partial charge in [0.25, 0.3) is 0 Å².